The van der Waals surface area contributed by atoms with E-state index >= 15 is 0 Å². The lowest BCUT2D eigenvalue weighted by Gasteiger charge is -2.28. The van der Waals surface area contributed by atoms with E-state index in [2.05, 4.69) is 96.3 Å². The summed E-state index contributed by atoms with van der Waals surface area (Å²) in [6.45, 7) is 8.74. The lowest BCUT2D eigenvalue weighted by atomic mass is 9.98. The zero-order valence-corrected chi connectivity index (χ0v) is 17.6. The summed E-state index contributed by atoms with van der Waals surface area (Å²) in [4.78, 5) is 6.84. The fourth-order valence-electron chi connectivity index (χ4n) is 3.75. The molecule has 2 atom stereocenters. The average Bonchev–Trinajstić information content (AvgIpc) is 3.27. The Hall–Kier alpha value is -2.66. The molecule has 0 amide bonds. The molecule has 1 fully saturated rings. The number of rotatable bonds is 3. The summed E-state index contributed by atoms with van der Waals surface area (Å²) in [5, 5.41) is 4.25. The Morgan fingerprint density at radius 2 is 1.89 bits per heavy atom. The molecule has 0 radical (unpaired) electrons. The molecule has 5 heteroatoms. The molecule has 1 aromatic carbocycles. The molecule has 0 spiro atoms. The Morgan fingerprint density at radius 1 is 1.07 bits per heavy atom. The molecule has 0 bridgehead atoms. The van der Waals surface area contributed by atoms with Crippen molar-refractivity contribution in [2.75, 3.05) is 4.90 Å². The molecule has 3 heterocycles. The van der Waals surface area contributed by atoms with Crippen molar-refractivity contribution in [2.45, 2.75) is 45.3 Å². The summed E-state index contributed by atoms with van der Waals surface area (Å²) in [6.07, 6.45) is 6.23. The number of nitrogens with zero attached hydrogens (tertiary/aromatic N) is 3. The van der Waals surface area contributed by atoms with Crippen LogP contribution in [-0.4, -0.2) is 14.7 Å². The predicted octanol–water partition coefficient (Wildman–Crippen LogP) is 5.12. The van der Waals surface area contributed by atoms with E-state index < -0.39 is 0 Å². The highest BCUT2D eigenvalue weighted by molar-refractivity contribution is 7.80. The van der Waals surface area contributed by atoms with Gasteiger partial charge in [-0.2, -0.15) is 0 Å². The van der Waals surface area contributed by atoms with Crippen LogP contribution in [0.4, 0.5) is 5.69 Å². The fourth-order valence-corrected chi connectivity index (χ4v) is 4.10. The van der Waals surface area contributed by atoms with Gasteiger partial charge in [0.1, 0.15) is 0 Å². The van der Waals surface area contributed by atoms with Crippen LogP contribution in [0.1, 0.15) is 49.7 Å². The molecule has 3 aromatic rings. The van der Waals surface area contributed by atoms with Crippen molar-refractivity contribution in [3.63, 3.8) is 0 Å². The number of benzene rings is 1. The smallest absolute Gasteiger partial charge is 0.174 e. The average molecular weight is 391 g/mol. The van der Waals surface area contributed by atoms with Gasteiger partial charge in [-0.3, -0.25) is 4.98 Å². The standard InChI is InChI=1S/C23H26N4S/c1-16-8-7-9-18(14-16)27-21(17-11-13-26(15-17)23(2,3)4)20(25-22(27)28)19-10-5-6-12-24-19/h5-15,20-21H,1-4H3,(H,25,28)/t20-,21-/m1/s1. The van der Waals surface area contributed by atoms with Gasteiger partial charge in [-0.15, -0.1) is 0 Å². The van der Waals surface area contributed by atoms with Crippen molar-refractivity contribution >= 4 is 23.0 Å². The van der Waals surface area contributed by atoms with Gasteiger partial charge in [0.25, 0.3) is 0 Å². The Kier molecular flexibility index (Phi) is 4.71. The minimum Gasteiger partial charge on any atom is -0.351 e. The quantitative estimate of drug-likeness (QED) is 0.629. The van der Waals surface area contributed by atoms with Gasteiger partial charge < -0.3 is 14.8 Å². The fraction of sp³-hybridized carbons (Fsp3) is 0.304. The number of anilines is 1. The third-order valence-corrected chi connectivity index (χ3v) is 5.52. The Morgan fingerprint density at radius 3 is 2.54 bits per heavy atom. The molecule has 0 aliphatic carbocycles. The van der Waals surface area contributed by atoms with Crippen LogP contribution in [-0.2, 0) is 5.54 Å². The van der Waals surface area contributed by atoms with Crippen LogP contribution >= 0.6 is 12.2 Å². The first kappa shape index (κ1) is 18.7. The maximum absolute atomic E-state index is 5.78. The molecule has 144 valence electrons. The highest BCUT2D eigenvalue weighted by Crippen LogP contribution is 2.42. The second-order valence-corrected chi connectivity index (χ2v) is 8.75. The molecule has 1 aliphatic rings. The first-order valence-electron chi connectivity index (χ1n) is 9.60. The lowest BCUT2D eigenvalue weighted by Crippen LogP contribution is -2.29. The van der Waals surface area contributed by atoms with Crippen LogP contribution in [0, 0.1) is 6.92 Å². The number of aryl methyl sites for hydroxylation is 1. The molecule has 1 N–H and O–H groups in total. The van der Waals surface area contributed by atoms with Crippen molar-refractivity contribution < 1.29 is 0 Å². The molecule has 0 unspecified atom stereocenters. The first-order valence-corrected chi connectivity index (χ1v) is 10.0. The maximum atomic E-state index is 5.78. The van der Waals surface area contributed by atoms with Gasteiger partial charge in [-0.25, -0.2) is 0 Å². The highest BCUT2D eigenvalue weighted by atomic mass is 32.1. The SMILES string of the molecule is Cc1cccc(N2C(=S)N[C@H](c3ccccn3)[C@H]2c2ccn(C(C)(C)C)c2)c1. The van der Waals surface area contributed by atoms with Crippen molar-refractivity contribution in [1.29, 1.82) is 0 Å². The Bertz CT molecular complexity index is 987. The second kappa shape index (κ2) is 7.06. The summed E-state index contributed by atoms with van der Waals surface area (Å²) in [5.41, 5.74) is 4.56. The van der Waals surface area contributed by atoms with E-state index in [1.807, 2.05) is 18.3 Å². The summed E-state index contributed by atoms with van der Waals surface area (Å²) in [6, 6.07) is 16.8. The number of nitrogens with one attached hydrogen (secondary N) is 1. The van der Waals surface area contributed by atoms with Crippen LogP contribution in [0.25, 0.3) is 0 Å². The van der Waals surface area contributed by atoms with E-state index in [-0.39, 0.29) is 17.6 Å². The second-order valence-electron chi connectivity index (χ2n) is 8.36. The van der Waals surface area contributed by atoms with E-state index in [4.69, 9.17) is 12.2 Å². The number of aromatic nitrogens is 2. The van der Waals surface area contributed by atoms with Crippen molar-refractivity contribution in [3.05, 3.63) is 83.9 Å². The number of hydrogen-bond donors (Lipinski definition) is 1. The van der Waals surface area contributed by atoms with Gasteiger partial charge in [-0.05, 0) is 81.4 Å². The van der Waals surface area contributed by atoms with Crippen LogP contribution in [0.5, 0.6) is 0 Å². The Labute approximate surface area is 172 Å². The molecule has 4 nitrogen and oxygen atoms in total. The van der Waals surface area contributed by atoms with Crippen LogP contribution < -0.4 is 10.2 Å². The summed E-state index contributed by atoms with van der Waals surface area (Å²) in [5.74, 6) is 0. The third-order valence-electron chi connectivity index (χ3n) is 5.21. The monoisotopic (exact) mass is 390 g/mol. The zero-order chi connectivity index (χ0) is 19.9. The van der Waals surface area contributed by atoms with E-state index in [1.165, 1.54) is 11.1 Å². The molecular weight excluding hydrogens is 364 g/mol. The summed E-state index contributed by atoms with van der Waals surface area (Å²) < 4.78 is 2.26. The first-order chi connectivity index (χ1) is 13.3. The minimum atomic E-state index is -0.00923. The number of hydrogen-bond acceptors (Lipinski definition) is 2. The molecule has 1 aliphatic heterocycles. The number of thiocarbonyl (C=S) groups is 1. The molecule has 2 aromatic heterocycles. The number of pyridine rings is 1. The zero-order valence-electron chi connectivity index (χ0n) is 16.8. The van der Waals surface area contributed by atoms with Crippen molar-refractivity contribution in [2.24, 2.45) is 0 Å². The Balaban J connectivity index is 1.83. The van der Waals surface area contributed by atoms with E-state index in [9.17, 15) is 0 Å². The van der Waals surface area contributed by atoms with Gasteiger partial charge in [0.05, 0.1) is 17.8 Å². The van der Waals surface area contributed by atoms with Crippen molar-refractivity contribution in [1.82, 2.24) is 14.9 Å². The van der Waals surface area contributed by atoms with Gasteiger partial charge in [-0.1, -0.05) is 18.2 Å². The molecule has 1 saturated heterocycles. The van der Waals surface area contributed by atoms with E-state index in [1.54, 1.807) is 0 Å². The molecule has 0 saturated carbocycles. The van der Waals surface area contributed by atoms with E-state index in [0.717, 1.165) is 16.5 Å². The van der Waals surface area contributed by atoms with Gasteiger partial charge in [0.15, 0.2) is 5.11 Å². The third kappa shape index (κ3) is 3.42. The van der Waals surface area contributed by atoms with Gasteiger partial charge >= 0.3 is 0 Å². The predicted molar refractivity (Wildman–Crippen MR) is 119 cm³/mol. The van der Waals surface area contributed by atoms with Crippen LogP contribution in [0.2, 0.25) is 0 Å². The lowest BCUT2D eigenvalue weighted by molar-refractivity contribution is 0.397. The topological polar surface area (TPSA) is 33.1 Å². The largest absolute Gasteiger partial charge is 0.351 e. The van der Waals surface area contributed by atoms with Gasteiger partial charge in [0.2, 0.25) is 0 Å². The maximum Gasteiger partial charge on any atom is 0.174 e. The summed E-state index contributed by atoms with van der Waals surface area (Å²) >= 11 is 5.78. The normalized spacial score (nSPS) is 19.7. The highest BCUT2D eigenvalue weighted by Gasteiger charge is 2.41. The molecule has 4 rings (SSSR count). The van der Waals surface area contributed by atoms with Crippen LogP contribution in [0.3, 0.4) is 0 Å². The minimum absolute atomic E-state index is 0.00923. The molecule has 28 heavy (non-hydrogen) atoms. The molecular formula is C23H26N4S. The van der Waals surface area contributed by atoms with Crippen molar-refractivity contribution in [3.8, 4) is 0 Å². The summed E-state index contributed by atoms with van der Waals surface area (Å²) in [7, 11) is 0. The van der Waals surface area contributed by atoms with E-state index in [0.29, 0.717) is 0 Å². The van der Waals surface area contributed by atoms with Crippen LogP contribution in [0.15, 0.2) is 67.1 Å². The van der Waals surface area contributed by atoms with Gasteiger partial charge in [0, 0.05) is 29.8 Å².